The fourth-order valence-electron chi connectivity index (χ4n) is 1.68. The van der Waals surface area contributed by atoms with E-state index in [1.807, 2.05) is 19.1 Å². The Morgan fingerprint density at radius 2 is 2.17 bits per heavy atom. The van der Waals surface area contributed by atoms with Crippen LogP contribution in [-0.4, -0.2) is 31.9 Å². The average Bonchev–Trinajstić information content (AvgIpc) is 2.40. The van der Waals surface area contributed by atoms with Crippen molar-refractivity contribution in [1.29, 1.82) is 0 Å². The highest BCUT2D eigenvalue weighted by molar-refractivity contribution is 5.80. The molecule has 98 valence electrons. The Labute approximate surface area is 107 Å². The molecule has 0 spiro atoms. The maximum Gasteiger partial charge on any atom is 0.317 e. The van der Waals surface area contributed by atoms with E-state index in [-0.39, 0.29) is 12.6 Å². The number of esters is 1. The molecule has 1 rings (SSSR count). The number of hydrogen-bond acceptors (Lipinski definition) is 4. The van der Waals surface area contributed by atoms with Gasteiger partial charge in [0.05, 0.1) is 20.8 Å². The van der Waals surface area contributed by atoms with Gasteiger partial charge in [-0.2, -0.15) is 0 Å². The molecule has 0 aliphatic carbocycles. The Hall–Kier alpha value is -1.81. The summed E-state index contributed by atoms with van der Waals surface area (Å²) < 4.78 is 9.98. The second-order valence-electron chi connectivity index (χ2n) is 3.84. The normalized spacial score (nSPS) is 12.4. The molecule has 0 saturated heterocycles. The molecule has 0 aliphatic rings. The fraction of sp³-hybridized carbons (Fsp3) is 0.357. The van der Waals surface area contributed by atoms with Gasteiger partial charge in [0.2, 0.25) is 0 Å². The maximum atomic E-state index is 11.7. The Morgan fingerprint density at radius 3 is 2.72 bits per heavy atom. The lowest BCUT2D eigenvalue weighted by molar-refractivity contribution is -0.141. The van der Waals surface area contributed by atoms with Crippen molar-refractivity contribution in [2.45, 2.75) is 12.8 Å². The van der Waals surface area contributed by atoms with E-state index in [1.165, 1.54) is 13.2 Å². The lowest BCUT2D eigenvalue weighted by atomic mass is 9.97. The van der Waals surface area contributed by atoms with E-state index >= 15 is 0 Å². The van der Waals surface area contributed by atoms with Crippen LogP contribution in [0.1, 0.15) is 17.0 Å². The molecule has 1 N–H and O–H groups in total. The van der Waals surface area contributed by atoms with Crippen LogP contribution >= 0.6 is 0 Å². The molecule has 1 aromatic rings. The van der Waals surface area contributed by atoms with E-state index in [9.17, 15) is 4.79 Å². The molecule has 4 heteroatoms. The quantitative estimate of drug-likeness (QED) is 0.639. The van der Waals surface area contributed by atoms with E-state index in [4.69, 9.17) is 14.6 Å². The van der Waals surface area contributed by atoms with Crippen molar-refractivity contribution in [3.05, 3.63) is 41.5 Å². The van der Waals surface area contributed by atoms with Crippen molar-refractivity contribution in [3.8, 4) is 5.75 Å². The largest absolute Gasteiger partial charge is 0.496 e. The number of methoxy groups -OCH3 is 2. The van der Waals surface area contributed by atoms with E-state index in [1.54, 1.807) is 19.3 Å². The van der Waals surface area contributed by atoms with Gasteiger partial charge in [0, 0.05) is 0 Å². The number of carbonyl (C=O) groups excluding carboxylic acids is 1. The van der Waals surface area contributed by atoms with Crippen molar-refractivity contribution >= 4 is 5.97 Å². The molecule has 1 aromatic carbocycles. The fourth-order valence-corrected chi connectivity index (χ4v) is 1.68. The standard InChI is InChI=1S/C14H18O4/c1-10-6-7-11(9-13(10)17-2)12(5-4-8-15)14(16)18-3/h4-7,9,12,15H,8H2,1-3H3/b5-4+. The number of ether oxygens (including phenoxy) is 2. The molecular formula is C14H18O4. The third-order valence-corrected chi connectivity index (χ3v) is 2.68. The number of aliphatic hydroxyl groups excluding tert-OH is 1. The van der Waals surface area contributed by atoms with Gasteiger partial charge in [0.1, 0.15) is 11.7 Å². The molecule has 0 radical (unpaired) electrons. The molecular weight excluding hydrogens is 232 g/mol. The molecule has 0 aromatic heterocycles. The van der Waals surface area contributed by atoms with Gasteiger partial charge in [-0.25, -0.2) is 0 Å². The predicted octanol–water partition coefficient (Wildman–Crippen LogP) is 1.81. The Balaban J connectivity index is 3.12. The number of aryl methyl sites for hydroxylation is 1. The summed E-state index contributed by atoms with van der Waals surface area (Å²) in [7, 11) is 2.93. The summed E-state index contributed by atoms with van der Waals surface area (Å²) in [5.74, 6) is -0.180. The first-order valence-electron chi connectivity index (χ1n) is 5.64. The van der Waals surface area contributed by atoms with E-state index in [0.29, 0.717) is 0 Å². The minimum Gasteiger partial charge on any atom is -0.496 e. The number of carbonyl (C=O) groups is 1. The summed E-state index contributed by atoms with van der Waals surface area (Å²) in [6.07, 6.45) is 3.14. The van der Waals surface area contributed by atoms with Crippen molar-refractivity contribution in [2.75, 3.05) is 20.8 Å². The van der Waals surface area contributed by atoms with Gasteiger partial charge in [0.25, 0.3) is 0 Å². The van der Waals surface area contributed by atoms with Crippen LogP contribution in [0.15, 0.2) is 30.4 Å². The Kier molecular flexibility index (Phi) is 5.39. The third kappa shape index (κ3) is 3.34. The van der Waals surface area contributed by atoms with Crippen LogP contribution in [0.2, 0.25) is 0 Å². The molecule has 0 fully saturated rings. The molecule has 0 saturated carbocycles. The summed E-state index contributed by atoms with van der Waals surface area (Å²) in [6, 6.07) is 5.54. The SMILES string of the molecule is COC(=O)C(/C=C/CO)c1ccc(C)c(OC)c1. The monoisotopic (exact) mass is 250 g/mol. The molecule has 18 heavy (non-hydrogen) atoms. The van der Waals surface area contributed by atoms with Gasteiger partial charge in [-0.15, -0.1) is 0 Å². The number of aliphatic hydroxyl groups is 1. The topological polar surface area (TPSA) is 55.8 Å². The van der Waals surface area contributed by atoms with Gasteiger partial charge in [-0.05, 0) is 24.1 Å². The van der Waals surface area contributed by atoms with Crippen LogP contribution in [0.4, 0.5) is 0 Å². The Bertz CT molecular complexity index is 437. The number of hydrogen-bond donors (Lipinski definition) is 1. The molecule has 1 unspecified atom stereocenters. The van der Waals surface area contributed by atoms with Crippen molar-refractivity contribution in [1.82, 2.24) is 0 Å². The van der Waals surface area contributed by atoms with Gasteiger partial charge in [-0.3, -0.25) is 4.79 Å². The average molecular weight is 250 g/mol. The molecule has 0 heterocycles. The van der Waals surface area contributed by atoms with Crippen LogP contribution in [-0.2, 0) is 9.53 Å². The highest BCUT2D eigenvalue weighted by Gasteiger charge is 2.19. The first-order chi connectivity index (χ1) is 8.63. The van der Waals surface area contributed by atoms with Crippen LogP contribution in [0.25, 0.3) is 0 Å². The van der Waals surface area contributed by atoms with Crippen LogP contribution in [0.3, 0.4) is 0 Å². The first-order valence-corrected chi connectivity index (χ1v) is 5.64. The van der Waals surface area contributed by atoms with Gasteiger partial charge in [0.15, 0.2) is 0 Å². The Morgan fingerprint density at radius 1 is 1.44 bits per heavy atom. The van der Waals surface area contributed by atoms with E-state index in [0.717, 1.165) is 16.9 Å². The zero-order chi connectivity index (χ0) is 13.5. The zero-order valence-corrected chi connectivity index (χ0v) is 10.8. The van der Waals surface area contributed by atoms with Crippen LogP contribution in [0, 0.1) is 6.92 Å². The van der Waals surface area contributed by atoms with Gasteiger partial charge >= 0.3 is 5.97 Å². The molecule has 1 atom stereocenters. The van der Waals surface area contributed by atoms with E-state index < -0.39 is 5.92 Å². The van der Waals surface area contributed by atoms with Crippen molar-refractivity contribution in [3.63, 3.8) is 0 Å². The smallest absolute Gasteiger partial charge is 0.317 e. The predicted molar refractivity (Wildman–Crippen MR) is 68.7 cm³/mol. The van der Waals surface area contributed by atoms with Crippen LogP contribution < -0.4 is 4.74 Å². The second kappa shape index (κ2) is 6.81. The van der Waals surface area contributed by atoms with Gasteiger partial charge in [-0.1, -0.05) is 24.3 Å². The summed E-state index contributed by atoms with van der Waals surface area (Å²) in [5, 5.41) is 8.80. The van der Waals surface area contributed by atoms with Gasteiger partial charge < -0.3 is 14.6 Å². The molecule has 4 nitrogen and oxygen atoms in total. The minimum atomic E-state index is -0.531. The number of rotatable bonds is 5. The minimum absolute atomic E-state index is 0.115. The highest BCUT2D eigenvalue weighted by atomic mass is 16.5. The summed E-state index contributed by atoms with van der Waals surface area (Å²) >= 11 is 0. The summed E-state index contributed by atoms with van der Waals surface area (Å²) in [4.78, 5) is 11.7. The second-order valence-corrected chi connectivity index (χ2v) is 3.84. The zero-order valence-electron chi connectivity index (χ0n) is 10.8. The van der Waals surface area contributed by atoms with E-state index in [2.05, 4.69) is 0 Å². The number of benzene rings is 1. The first kappa shape index (κ1) is 14.3. The lowest BCUT2D eigenvalue weighted by Crippen LogP contribution is -2.12. The molecule has 0 bridgehead atoms. The lowest BCUT2D eigenvalue weighted by Gasteiger charge is -2.13. The van der Waals surface area contributed by atoms with Crippen molar-refractivity contribution in [2.24, 2.45) is 0 Å². The summed E-state index contributed by atoms with van der Waals surface area (Å²) in [5.41, 5.74) is 1.77. The molecule has 0 aliphatic heterocycles. The van der Waals surface area contributed by atoms with Crippen molar-refractivity contribution < 1.29 is 19.4 Å². The highest BCUT2D eigenvalue weighted by Crippen LogP contribution is 2.26. The third-order valence-electron chi connectivity index (χ3n) is 2.68. The molecule has 0 amide bonds. The maximum absolute atomic E-state index is 11.7. The van der Waals surface area contributed by atoms with Crippen LogP contribution in [0.5, 0.6) is 5.75 Å². The summed E-state index contributed by atoms with van der Waals surface area (Å²) in [6.45, 7) is 1.82.